The van der Waals surface area contributed by atoms with Crippen molar-refractivity contribution in [2.24, 2.45) is 5.92 Å². The number of hydrogen-bond acceptors (Lipinski definition) is 3. The van der Waals surface area contributed by atoms with Crippen molar-refractivity contribution in [2.75, 3.05) is 16.0 Å². The molecule has 5 heteroatoms. The number of thioether (sulfide) groups is 1. The predicted octanol–water partition coefficient (Wildman–Crippen LogP) is 5.07. The Bertz CT molecular complexity index is 843. The molecule has 27 heavy (non-hydrogen) atoms. The topological polar surface area (TPSA) is 49.4 Å². The molecule has 0 radical (unpaired) electrons. The highest BCUT2D eigenvalue weighted by molar-refractivity contribution is 8.00. The summed E-state index contributed by atoms with van der Waals surface area (Å²) >= 11 is 1.62. The second-order valence-electron chi connectivity index (χ2n) is 7.54. The molecule has 0 saturated carbocycles. The number of nitrogens with one attached hydrogen (secondary N) is 1. The summed E-state index contributed by atoms with van der Waals surface area (Å²) in [5, 5.41) is 2.89. The summed E-state index contributed by atoms with van der Waals surface area (Å²) in [6.07, 6.45) is 0.496. The second kappa shape index (κ2) is 8.17. The fraction of sp³-hybridized carbons (Fsp3) is 0.364. The Balaban J connectivity index is 1.87. The van der Waals surface area contributed by atoms with Gasteiger partial charge in [-0.2, -0.15) is 0 Å². The predicted molar refractivity (Wildman–Crippen MR) is 113 cm³/mol. The quantitative estimate of drug-likeness (QED) is 0.786. The number of hydrogen-bond donors (Lipinski definition) is 1. The Kier molecular flexibility index (Phi) is 5.90. The van der Waals surface area contributed by atoms with Crippen molar-refractivity contribution < 1.29 is 9.59 Å². The largest absolute Gasteiger partial charge is 0.326 e. The van der Waals surface area contributed by atoms with Gasteiger partial charge in [0.1, 0.15) is 5.37 Å². The first-order valence-electron chi connectivity index (χ1n) is 9.25. The van der Waals surface area contributed by atoms with Crippen molar-refractivity contribution in [3.8, 4) is 0 Å². The summed E-state index contributed by atoms with van der Waals surface area (Å²) in [5.41, 5.74) is 5.01. The number of rotatable bonds is 5. The molecular formula is C22H26N2O2S. The SMILES string of the molecule is Cc1cc(C)cc(N2C(=O)CSC2c2cccc(NC(=O)CC(C)C)c2)c1. The summed E-state index contributed by atoms with van der Waals surface area (Å²) in [6, 6.07) is 14.0. The molecule has 142 valence electrons. The van der Waals surface area contributed by atoms with Crippen molar-refractivity contribution in [2.45, 2.75) is 39.5 Å². The monoisotopic (exact) mass is 382 g/mol. The standard InChI is InChI=1S/C22H26N2O2S/c1-14(2)8-20(25)23-18-7-5-6-17(12-18)22-24(21(26)13-27-22)19-10-15(3)9-16(4)11-19/h5-7,9-12,14,22H,8,13H2,1-4H3,(H,23,25). The van der Waals surface area contributed by atoms with E-state index in [2.05, 4.69) is 23.5 Å². The lowest BCUT2D eigenvalue weighted by Crippen LogP contribution is -2.28. The minimum absolute atomic E-state index is 0.0171. The molecule has 2 aromatic carbocycles. The molecule has 1 unspecified atom stereocenters. The highest BCUT2D eigenvalue weighted by Crippen LogP contribution is 2.42. The molecule has 0 bridgehead atoms. The van der Waals surface area contributed by atoms with Crippen molar-refractivity contribution in [3.05, 3.63) is 59.2 Å². The Labute approximate surface area is 165 Å². The summed E-state index contributed by atoms with van der Waals surface area (Å²) in [6.45, 7) is 8.14. The van der Waals surface area contributed by atoms with Gasteiger partial charge in [-0.05, 0) is 60.7 Å². The summed E-state index contributed by atoms with van der Waals surface area (Å²) < 4.78 is 0. The average molecular weight is 383 g/mol. The van der Waals surface area contributed by atoms with Crippen LogP contribution in [0, 0.1) is 19.8 Å². The van der Waals surface area contributed by atoms with Crippen LogP contribution in [0.25, 0.3) is 0 Å². The number of aryl methyl sites for hydroxylation is 2. The van der Waals surface area contributed by atoms with Crippen LogP contribution in [-0.4, -0.2) is 17.6 Å². The fourth-order valence-electron chi connectivity index (χ4n) is 3.39. The lowest BCUT2D eigenvalue weighted by Gasteiger charge is -2.25. The first-order chi connectivity index (χ1) is 12.8. The van der Waals surface area contributed by atoms with E-state index in [9.17, 15) is 9.59 Å². The van der Waals surface area contributed by atoms with E-state index in [1.165, 1.54) is 0 Å². The summed E-state index contributed by atoms with van der Waals surface area (Å²) in [5.74, 6) is 0.908. The van der Waals surface area contributed by atoms with Crippen molar-refractivity contribution >= 4 is 35.0 Å². The van der Waals surface area contributed by atoms with Gasteiger partial charge in [0.15, 0.2) is 0 Å². The maximum Gasteiger partial charge on any atom is 0.238 e. The number of nitrogens with zero attached hydrogens (tertiary/aromatic N) is 1. The third-order valence-corrected chi connectivity index (χ3v) is 5.61. The maximum absolute atomic E-state index is 12.6. The lowest BCUT2D eigenvalue weighted by atomic mass is 10.1. The highest BCUT2D eigenvalue weighted by Gasteiger charge is 2.34. The Morgan fingerprint density at radius 3 is 2.56 bits per heavy atom. The number of anilines is 2. The van der Waals surface area contributed by atoms with Crippen LogP contribution in [0.5, 0.6) is 0 Å². The van der Waals surface area contributed by atoms with E-state index < -0.39 is 0 Å². The molecule has 1 saturated heterocycles. The van der Waals surface area contributed by atoms with E-state index in [1.807, 2.05) is 56.9 Å². The molecule has 0 spiro atoms. The minimum Gasteiger partial charge on any atom is -0.326 e. The van der Waals surface area contributed by atoms with Crippen LogP contribution < -0.4 is 10.2 Å². The second-order valence-corrected chi connectivity index (χ2v) is 8.61. The molecule has 0 aromatic heterocycles. The zero-order valence-corrected chi connectivity index (χ0v) is 17.1. The van der Waals surface area contributed by atoms with Gasteiger partial charge in [-0.3, -0.25) is 14.5 Å². The van der Waals surface area contributed by atoms with Crippen molar-refractivity contribution in [1.29, 1.82) is 0 Å². The van der Waals surface area contributed by atoms with Gasteiger partial charge in [-0.25, -0.2) is 0 Å². The van der Waals surface area contributed by atoms with E-state index in [0.717, 1.165) is 28.1 Å². The van der Waals surface area contributed by atoms with Crippen LogP contribution >= 0.6 is 11.8 Å². The highest BCUT2D eigenvalue weighted by atomic mass is 32.2. The Hall–Kier alpha value is -2.27. The molecule has 4 nitrogen and oxygen atoms in total. The fourth-order valence-corrected chi connectivity index (χ4v) is 4.56. The molecule has 1 aliphatic rings. The Morgan fingerprint density at radius 1 is 1.19 bits per heavy atom. The van der Waals surface area contributed by atoms with E-state index in [-0.39, 0.29) is 17.2 Å². The van der Waals surface area contributed by atoms with E-state index in [0.29, 0.717) is 18.1 Å². The third kappa shape index (κ3) is 4.72. The maximum atomic E-state index is 12.6. The van der Waals surface area contributed by atoms with Gasteiger partial charge in [0.25, 0.3) is 0 Å². The summed E-state index contributed by atoms with van der Waals surface area (Å²) in [4.78, 5) is 26.6. The number of amides is 2. The molecule has 1 atom stereocenters. The number of carbonyl (C=O) groups is 2. The molecular weight excluding hydrogens is 356 g/mol. The van der Waals surface area contributed by atoms with Gasteiger partial charge in [-0.15, -0.1) is 11.8 Å². The molecule has 1 heterocycles. The van der Waals surface area contributed by atoms with Crippen molar-refractivity contribution in [3.63, 3.8) is 0 Å². The van der Waals surface area contributed by atoms with Crippen LogP contribution in [0.3, 0.4) is 0 Å². The lowest BCUT2D eigenvalue weighted by molar-refractivity contribution is -0.117. The molecule has 2 aromatic rings. The summed E-state index contributed by atoms with van der Waals surface area (Å²) in [7, 11) is 0. The molecule has 0 aliphatic carbocycles. The van der Waals surface area contributed by atoms with Crippen LogP contribution in [0.2, 0.25) is 0 Å². The van der Waals surface area contributed by atoms with Gasteiger partial charge in [-0.1, -0.05) is 32.0 Å². The zero-order chi connectivity index (χ0) is 19.6. The first kappa shape index (κ1) is 19.5. The average Bonchev–Trinajstić information content (AvgIpc) is 2.95. The van der Waals surface area contributed by atoms with Crippen LogP contribution in [0.15, 0.2) is 42.5 Å². The van der Waals surface area contributed by atoms with E-state index in [4.69, 9.17) is 0 Å². The molecule has 1 fully saturated rings. The number of carbonyl (C=O) groups excluding carboxylic acids is 2. The molecule has 1 aliphatic heterocycles. The normalized spacial score (nSPS) is 16.9. The molecule has 3 rings (SSSR count). The van der Waals surface area contributed by atoms with Crippen molar-refractivity contribution in [1.82, 2.24) is 0 Å². The smallest absolute Gasteiger partial charge is 0.238 e. The van der Waals surface area contributed by atoms with Crippen LogP contribution in [0.1, 0.15) is 42.3 Å². The van der Waals surface area contributed by atoms with Gasteiger partial charge in [0.05, 0.1) is 5.75 Å². The van der Waals surface area contributed by atoms with Gasteiger partial charge in [0, 0.05) is 17.8 Å². The number of benzene rings is 2. The van der Waals surface area contributed by atoms with E-state index >= 15 is 0 Å². The molecule has 1 N–H and O–H groups in total. The van der Waals surface area contributed by atoms with Gasteiger partial charge >= 0.3 is 0 Å². The van der Waals surface area contributed by atoms with Gasteiger partial charge < -0.3 is 5.32 Å². The van der Waals surface area contributed by atoms with E-state index in [1.54, 1.807) is 11.8 Å². The first-order valence-corrected chi connectivity index (χ1v) is 10.3. The molecule has 2 amide bonds. The van der Waals surface area contributed by atoms with Crippen LogP contribution in [-0.2, 0) is 9.59 Å². The van der Waals surface area contributed by atoms with Crippen LogP contribution in [0.4, 0.5) is 11.4 Å². The van der Waals surface area contributed by atoms with Gasteiger partial charge in [0.2, 0.25) is 11.8 Å². The third-order valence-electron chi connectivity index (χ3n) is 4.40. The minimum atomic E-state index is -0.0827. The zero-order valence-electron chi connectivity index (χ0n) is 16.3. The Morgan fingerprint density at radius 2 is 1.89 bits per heavy atom.